The number of unbranched alkanes of at least 4 members (excludes halogenated alkanes) is 9. The van der Waals surface area contributed by atoms with Crippen molar-refractivity contribution in [1.29, 1.82) is 0 Å². The molecule has 0 aromatic heterocycles. The molecule has 0 radical (unpaired) electrons. The molecule has 4 nitrogen and oxygen atoms in total. The minimum Gasteiger partial charge on any atom is -0.462 e. The molecule has 3 aromatic carbocycles. The highest BCUT2D eigenvalue weighted by Gasteiger charge is 2.13. The molecule has 0 bridgehead atoms. The molecule has 3 aromatic rings. The van der Waals surface area contributed by atoms with E-state index in [1.165, 1.54) is 51.4 Å². The Labute approximate surface area is 223 Å². The van der Waals surface area contributed by atoms with Crippen LogP contribution in [-0.2, 0) is 4.74 Å². The van der Waals surface area contributed by atoms with Crippen LogP contribution in [0.4, 0.5) is 0 Å². The highest BCUT2D eigenvalue weighted by molar-refractivity contribution is 5.90. The number of rotatable bonds is 16. The van der Waals surface area contributed by atoms with Gasteiger partial charge < -0.3 is 14.2 Å². The van der Waals surface area contributed by atoms with Gasteiger partial charge in [-0.1, -0.05) is 100 Å². The number of hydrogen-bond donors (Lipinski definition) is 0. The van der Waals surface area contributed by atoms with Gasteiger partial charge in [0.1, 0.15) is 23.0 Å². The summed E-state index contributed by atoms with van der Waals surface area (Å²) in [5.41, 5.74) is 2.72. The van der Waals surface area contributed by atoms with Gasteiger partial charge in [-0.3, -0.25) is 0 Å². The lowest BCUT2D eigenvalue weighted by molar-refractivity contribution is 0.0497. The normalized spacial score (nSPS) is 10.8. The van der Waals surface area contributed by atoms with E-state index in [-0.39, 0.29) is 5.97 Å². The molecule has 0 aliphatic carbocycles. The molecule has 3 rings (SSSR count). The Morgan fingerprint density at radius 3 is 1.46 bits per heavy atom. The SMILES string of the molecule is CCCCCCCCCCCCOC(=O)c1cc(Oc2ccc(C)cc2)cc(Oc2ccc(C)cc2)c1. The van der Waals surface area contributed by atoms with E-state index < -0.39 is 0 Å². The minimum absolute atomic E-state index is 0.362. The lowest BCUT2D eigenvalue weighted by Crippen LogP contribution is -2.07. The Kier molecular flexibility index (Phi) is 12.1. The molecule has 0 saturated carbocycles. The summed E-state index contributed by atoms with van der Waals surface area (Å²) >= 11 is 0. The zero-order valence-corrected chi connectivity index (χ0v) is 22.8. The van der Waals surface area contributed by atoms with Crippen LogP contribution >= 0.6 is 0 Å². The van der Waals surface area contributed by atoms with E-state index in [1.54, 1.807) is 18.2 Å². The number of aryl methyl sites for hydroxylation is 2. The van der Waals surface area contributed by atoms with E-state index in [4.69, 9.17) is 14.2 Å². The lowest BCUT2D eigenvalue weighted by atomic mass is 10.1. The molecule has 0 amide bonds. The molecule has 37 heavy (non-hydrogen) atoms. The monoisotopic (exact) mass is 502 g/mol. The van der Waals surface area contributed by atoms with Crippen LogP contribution in [0.25, 0.3) is 0 Å². The number of ether oxygens (including phenoxy) is 3. The van der Waals surface area contributed by atoms with Crippen molar-refractivity contribution in [3.63, 3.8) is 0 Å². The van der Waals surface area contributed by atoms with Crippen LogP contribution in [0.5, 0.6) is 23.0 Å². The van der Waals surface area contributed by atoms with Crippen LogP contribution in [-0.4, -0.2) is 12.6 Å². The first kappa shape index (κ1) is 28.3. The molecule has 0 saturated heterocycles. The highest BCUT2D eigenvalue weighted by Crippen LogP contribution is 2.31. The standard InChI is InChI=1S/C33H42O4/c1-4-5-6-7-8-9-10-11-12-13-22-35-33(34)28-23-31(36-29-18-14-26(2)15-19-29)25-32(24-28)37-30-20-16-27(3)17-21-30/h14-21,23-25H,4-13,22H2,1-3H3. The van der Waals surface area contributed by atoms with Crippen molar-refractivity contribution in [2.75, 3.05) is 6.61 Å². The molecule has 0 spiro atoms. The molecular weight excluding hydrogens is 460 g/mol. The van der Waals surface area contributed by atoms with Gasteiger partial charge in [0.2, 0.25) is 0 Å². The first-order chi connectivity index (χ1) is 18.0. The summed E-state index contributed by atoms with van der Waals surface area (Å²) in [5.74, 6) is 2.09. The Morgan fingerprint density at radius 2 is 1.00 bits per heavy atom. The van der Waals surface area contributed by atoms with E-state index in [0.29, 0.717) is 35.2 Å². The average molecular weight is 503 g/mol. The summed E-state index contributed by atoms with van der Waals surface area (Å²) in [6, 6.07) is 20.8. The second kappa shape index (κ2) is 15.8. The first-order valence-electron chi connectivity index (χ1n) is 13.8. The summed E-state index contributed by atoms with van der Waals surface area (Å²) in [4.78, 5) is 12.9. The summed E-state index contributed by atoms with van der Waals surface area (Å²) in [6.07, 6.45) is 12.4. The van der Waals surface area contributed by atoms with Gasteiger partial charge in [-0.2, -0.15) is 0 Å². The Hall–Kier alpha value is -3.27. The Balaban J connectivity index is 1.54. The van der Waals surface area contributed by atoms with Crippen molar-refractivity contribution in [2.24, 2.45) is 0 Å². The fraction of sp³-hybridized carbons (Fsp3) is 0.424. The zero-order chi connectivity index (χ0) is 26.3. The van der Waals surface area contributed by atoms with Crippen LogP contribution in [0, 0.1) is 13.8 Å². The second-order valence-electron chi connectivity index (χ2n) is 9.84. The maximum absolute atomic E-state index is 12.9. The van der Waals surface area contributed by atoms with Gasteiger partial charge >= 0.3 is 5.97 Å². The molecule has 4 heteroatoms. The van der Waals surface area contributed by atoms with E-state index in [9.17, 15) is 4.79 Å². The van der Waals surface area contributed by atoms with Gasteiger partial charge in [0, 0.05) is 6.07 Å². The number of hydrogen-bond acceptors (Lipinski definition) is 4. The third-order valence-electron chi connectivity index (χ3n) is 6.36. The van der Waals surface area contributed by atoms with Gasteiger partial charge in [0.05, 0.1) is 12.2 Å². The molecule has 0 unspecified atom stereocenters. The lowest BCUT2D eigenvalue weighted by Gasteiger charge is -2.12. The van der Waals surface area contributed by atoms with Crippen LogP contribution in [0.1, 0.15) is 92.6 Å². The van der Waals surface area contributed by atoms with Crippen LogP contribution in [0.15, 0.2) is 66.7 Å². The molecule has 198 valence electrons. The van der Waals surface area contributed by atoms with E-state index in [2.05, 4.69) is 6.92 Å². The van der Waals surface area contributed by atoms with E-state index >= 15 is 0 Å². The molecule has 0 aliphatic heterocycles. The van der Waals surface area contributed by atoms with Gasteiger partial charge in [-0.05, 0) is 56.7 Å². The number of carbonyl (C=O) groups excluding carboxylic acids is 1. The van der Waals surface area contributed by atoms with Crippen LogP contribution in [0.2, 0.25) is 0 Å². The minimum atomic E-state index is -0.362. The summed E-state index contributed by atoms with van der Waals surface area (Å²) in [7, 11) is 0. The Bertz CT molecular complexity index is 1000. The molecule has 0 aliphatic rings. The molecule has 0 N–H and O–H groups in total. The molecule has 0 heterocycles. The quantitative estimate of drug-likeness (QED) is 0.144. The second-order valence-corrected chi connectivity index (χ2v) is 9.84. The third-order valence-corrected chi connectivity index (χ3v) is 6.36. The smallest absolute Gasteiger partial charge is 0.338 e. The number of esters is 1. The van der Waals surface area contributed by atoms with Crippen molar-refractivity contribution >= 4 is 5.97 Å². The van der Waals surface area contributed by atoms with Crippen molar-refractivity contribution in [3.8, 4) is 23.0 Å². The van der Waals surface area contributed by atoms with Crippen LogP contribution in [0.3, 0.4) is 0 Å². The maximum Gasteiger partial charge on any atom is 0.338 e. The topological polar surface area (TPSA) is 44.8 Å². The fourth-order valence-electron chi connectivity index (χ4n) is 4.13. The maximum atomic E-state index is 12.9. The molecule has 0 fully saturated rings. The van der Waals surface area contributed by atoms with Crippen LogP contribution < -0.4 is 9.47 Å². The zero-order valence-electron chi connectivity index (χ0n) is 22.8. The van der Waals surface area contributed by atoms with Gasteiger partial charge in [0.15, 0.2) is 0 Å². The molecular formula is C33H42O4. The van der Waals surface area contributed by atoms with E-state index in [0.717, 1.165) is 24.0 Å². The summed E-state index contributed by atoms with van der Waals surface area (Å²) < 4.78 is 17.7. The van der Waals surface area contributed by atoms with Gasteiger partial charge in [-0.15, -0.1) is 0 Å². The largest absolute Gasteiger partial charge is 0.462 e. The fourth-order valence-corrected chi connectivity index (χ4v) is 4.13. The average Bonchev–Trinajstić information content (AvgIpc) is 2.90. The Morgan fingerprint density at radius 1 is 0.568 bits per heavy atom. The predicted molar refractivity (Wildman–Crippen MR) is 151 cm³/mol. The van der Waals surface area contributed by atoms with Crippen molar-refractivity contribution in [3.05, 3.63) is 83.4 Å². The third kappa shape index (κ3) is 10.7. The van der Waals surface area contributed by atoms with E-state index in [1.807, 2.05) is 62.4 Å². The van der Waals surface area contributed by atoms with Crippen molar-refractivity contribution < 1.29 is 19.0 Å². The van der Waals surface area contributed by atoms with Gasteiger partial charge in [0.25, 0.3) is 0 Å². The first-order valence-corrected chi connectivity index (χ1v) is 13.8. The predicted octanol–water partition coefficient (Wildman–Crippen LogP) is 9.97. The van der Waals surface area contributed by atoms with Crippen molar-refractivity contribution in [2.45, 2.75) is 85.0 Å². The van der Waals surface area contributed by atoms with Crippen molar-refractivity contribution in [1.82, 2.24) is 0 Å². The van der Waals surface area contributed by atoms with Gasteiger partial charge in [-0.25, -0.2) is 4.79 Å². The number of carbonyl (C=O) groups is 1. The summed E-state index contributed by atoms with van der Waals surface area (Å²) in [6.45, 7) is 6.73. The summed E-state index contributed by atoms with van der Waals surface area (Å²) in [5, 5.41) is 0. The molecule has 0 atom stereocenters. The highest BCUT2D eigenvalue weighted by atomic mass is 16.5. The number of benzene rings is 3.